The Bertz CT molecular complexity index is 590. The van der Waals surface area contributed by atoms with E-state index in [0.29, 0.717) is 17.8 Å². The van der Waals surface area contributed by atoms with Crippen molar-refractivity contribution in [3.05, 3.63) is 41.1 Å². The van der Waals surface area contributed by atoms with Crippen LogP contribution in [0.2, 0.25) is 0 Å². The maximum Gasteiger partial charge on any atom is 0.145 e. The lowest BCUT2D eigenvalue weighted by molar-refractivity contribution is 0.843. The first-order chi connectivity index (χ1) is 8.19. The first-order valence-corrected chi connectivity index (χ1v) is 5.52. The van der Waals surface area contributed by atoms with Crippen LogP contribution in [0.1, 0.15) is 23.7 Å². The fraction of sp³-hybridized carbons (Fsp3) is 0.231. The molecule has 0 fully saturated rings. The van der Waals surface area contributed by atoms with Gasteiger partial charge in [-0.15, -0.1) is 0 Å². The number of nitriles is 1. The minimum Gasteiger partial charge on any atom is -0.382 e. The van der Waals surface area contributed by atoms with Gasteiger partial charge in [0.15, 0.2) is 0 Å². The van der Waals surface area contributed by atoms with Crippen molar-refractivity contribution in [2.24, 2.45) is 0 Å². The summed E-state index contributed by atoms with van der Waals surface area (Å²) in [5.41, 5.74) is 9.19. The number of aryl methyl sites for hydroxylation is 2. The number of benzene rings is 1. The van der Waals surface area contributed by atoms with E-state index in [-0.39, 0.29) is 0 Å². The number of rotatable bonds is 2. The summed E-state index contributed by atoms with van der Waals surface area (Å²) in [4.78, 5) is 0. The number of nitrogens with two attached hydrogens (primary N) is 1. The van der Waals surface area contributed by atoms with E-state index >= 15 is 0 Å². The van der Waals surface area contributed by atoms with Crippen LogP contribution in [0.25, 0.3) is 5.69 Å². The van der Waals surface area contributed by atoms with Gasteiger partial charge in [-0.3, -0.25) is 0 Å². The average molecular weight is 226 g/mol. The molecule has 0 aliphatic carbocycles. The molecule has 0 aliphatic rings. The fourth-order valence-corrected chi connectivity index (χ4v) is 1.83. The zero-order valence-electron chi connectivity index (χ0n) is 9.94. The van der Waals surface area contributed by atoms with E-state index in [1.165, 1.54) is 0 Å². The van der Waals surface area contributed by atoms with Crippen molar-refractivity contribution >= 4 is 5.82 Å². The van der Waals surface area contributed by atoms with Crippen molar-refractivity contribution in [3.63, 3.8) is 0 Å². The lowest BCUT2D eigenvalue weighted by Crippen LogP contribution is -2.04. The van der Waals surface area contributed by atoms with E-state index in [2.05, 4.69) is 11.2 Å². The molecule has 2 N–H and O–H groups in total. The highest BCUT2D eigenvalue weighted by molar-refractivity contribution is 5.57. The van der Waals surface area contributed by atoms with Gasteiger partial charge in [0.05, 0.1) is 11.4 Å². The van der Waals surface area contributed by atoms with Crippen molar-refractivity contribution in [1.82, 2.24) is 9.78 Å². The highest BCUT2D eigenvalue weighted by Gasteiger charge is 2.15. The normalized spacial score (nSPS) is 10.2. The van der Waals surface area contributed by atoms with Gasteiger partial charge in [-0.25, -0.2) is 4.68 Å². The first-order valence-electron chi connectivity index (χ1n) is 5.52. The molecule has 4 heteroatoms. The molecule has 86 valence electrons. The molecule has 0 saturated heterocycles. The summed E-state index contributed by atoms with van der Waals surface area (Å²) in [6.07, 6.45) is 0.700. The van der Waals surface area contributed by atoms with E-state index in [4.69, 9.17) is 11.0 Å². The second-order valence-electron chi connectivity index (χ2n) is 3.87. The lowest BCUT2D eigenvalue weighted by atomic mass is 10.2. The van der Waals surface area contributed by atoms with Gasteiger partial charge in [-0.1, -0.05) is 25.1 Å². The molecule has 0 spiro atoms. The third-order valence-electron chi connectivity index (χ3n) is 2.78. The van der Waals surface area contributed by atoms with Crippen molar-refractivity contribution in [1.29, 1.82) is 5.26 Å². The van der Waals surface area contributed by atoms with Crippen LogP contribution in [0.15, 0.2) is 24.3 Å². The molecule has 1 heterocycles. The summed E-state index contributed by atoms with van der Waals surface area (Å²) in [6, 6.07) is 9.95. The highest BCUT2D eigenvalue weighted by Crippen LogP contribution is 2.22. The molecule has 0 aliphatic heterocycles. The van der Waals surface area contributed by atoms with Crippen LogP contribution in [0.3, 0.4) is 0 Å². The Balaban J connectivity index is 2.66. The van der Waals surface area contributed by atoms with Gasteiger partial charge in [0, 0.05) is 0 Å². The Labute approximate surface area is 100 Å². The molecule has 0 bridgehead atoms. The molecule has 2 rings (SSSR count). The van der Waals surface area contributed by atoms with Crippen molar-refractivity contribution in [3.8, 4) is 11.8 Å². The summed E-state index contributed by atoms with van der Waals surface area (Å²) in [7, 11) is 0. The van der Waals surface area contributed by atoms with Crippen LogP contribution < -0.4 is 5.73 Å². The topological polar surface area (TPSA) is 67.6 Å². The van der Waals surface area contributed by atoms with E-state index in [9.17, 15) is 0 Å². The van der Waals surface area contributed by atoms with Crippen LogP contribution >= 0.6 is 0 Å². The van der Waals surface area contributed by atoms with Crippen molar-refractivity contribution in [2.45, 2.75) is 20.3 Å². The number of hydrogen-bond donors (Lipinski definition) is 1. The smallest absolute Gasteiger partial charge is 0.145 e. The fourth-order valence-electron chi connectivity index (χ4n) is 1.83. The van der Waals surface area contributed by atoms with Gasteiger partial charge < -0.3 is 5.73 Å². The Hall–Kier alpha value is -2.28. The predicted octanol–water partition coefficient (Wildman–Crippen LogP) is 2.20. The molecule has 4 nitrogen and oxygen atoms in total. The largest absolute Gasteiger partial charge is 0.382 e. The molecule has 0 unspecified atom stereocenters. The number of nitrogens with zero attached hydrogens (tertiary/aromatic N) is 3. The monoisotopic (exact) mass is 226 g/mol. The second kappa shape index (κ2) is 4.30. The summed E-state index contributed by atoms with van der Waals surface area (Å²) >= 11 is 0. The average Bonchev–Trinajstić information content (AvgIpc) is 2.66. The van der Waals surface area contributed by atoms with Crippen LogP contribution in [0.4, 0.5) is 5.82 Å². The molecule has 1 aromatic heterocycles. The van der Waals surface area contributed by atoms with E-state index in [1.807, 2.05) is 38.1 Å². The number of nitrogen functional groups attached to an aromatic ring is 1. The Morgan fingerprint density at radius 3 is 2.65 bits per heavy atom. The van der Waals surface area contributed by atoms with Gasteiger partial charge in [0.25, 0.3) is 0 Å². The third-order valence-corrected chi connectivity index (χ3v) is 2.78. The quantitative estimate of drug-likeness (QED) is 0.853. The molecule has 0 amide bonds. The third kappa shape index (κ3) is 1.76. The standard InChI is InChI=1S/C13H14N4/c1-3-11-10(8-14)13(15)17(16-11)12-7-5-4-6-9(12)2/h4-7H,3,15H2,1-2H3. The first kappa shape index (κ1) is 11.2. The Morgan fingerprint density at radius 1 is 1.41 bits per heavy atom. The maximum atomic E-state index is 9.08. The van der Waals surface area contributed by atoms with E-state index in [1.54, 1.807) is 4.68 Å². The van der Waals surface area contributed by atoms with Crippen molar-refractivity contribution < 1.29 is 0 Å². The van der Waals surface area contributed by atoms with Crippen LogP contribution in [0, 0.1) is 18.3 Å². The summed E-state index contributed by atoms with van der Waals surface area (Å²) in [5.74, 6) is 0.415. The Morgan fingerprint density at radius 2 is 2.12 bits per heavy atom. The molecule has 17 heavy (non-hydrogen) atoms. The van der Waals surface area contributed by atoms with E-state index in [0.717, 1.165) is 16.9 Å². The molecule has 2 aromatic rings. The zero-order valence-corrected chi connectivity index (χ0v) is 9.94. The summed E-state index contributed by atoms with van der Waals surface area (Å²) < 4.78 is 1.65. The Kier molecular flexibility index (Phi) is 2.84. The summed E-state index contributed by atoms with van der Waals surface area (Å²) in [5, 5.41) is 13.5. The van der Waals surface area contributed by atoms with Gasteiger partial charge in [0.2, 0.25) is 0 Å². The number of aromatic nitrogens is 2. The minimum absolute atomic E-state index is 0.415. The highest BCUT2D eigenvalue weighted by atomic mass is 15.3. The van der Waals surface area contributed by atoms with Crippen LogP contribution in [-0.2, 0) is 6.42 Å². The number of para-hydroxylation sites is 1. The van der Waals surface area contributed by atoms with E-state index < -0.39 is 0 Å². The van der Waals surface area contributed by atoms with Gasteiger partial charge in [-0.05, 0) is 25.0 Å². The van der Waals surface area contributed by atoms with Crippen molar-refractivity contribution in [2.75, 3.05) is 5.73 Å². The number of hydrogen-bond acceptors (Lipinski definition) is 3. The maximum absolute atomic E-state index is 9.08. The molecule has 0 saturated carbocycles. The van der Waals surface area contributed by atoms with Gasteiger partial charge >= 0.3 is 0 Å². The number of anilines is 1. The minimum atomic E-state index is 0.415. The second-order valence-corrected chi connectivity index (χ2v) is 3.87. The molecular formula is C13H14N4. The summed E-state index contributed by atoms with van der Waals surface area (Å²) in [6.45, 7) is 3.96. The lowest BCUT2D eigenvalue weighted by Gasteiger charge is -2.06. The SMILES string of the molecule is CCc1nn(-c2ccccc2C)c(N)c1C#N. The predicted molar refractivity (Wildman–Crippen MR) is 66.8 cm³/mol. The van der Waals surface area contributed by atoms with Crippen LogP contribution in [0.5, 0.6) is 0 Å². The molecule has 0 atom stereocenters. The van der Waals surface area contributed by atoms with Gasteiger partial charge in [0.1, 0.15) is 17.5 Å². The van der Waals surface area contributed by atoms with Crippen LogP contribution in [-0.4, -0.2) is 9.78 Å². The van der Waals surface area contributed by atoms with Gasteiger partial charge in [-0.2, -0.15) is 10.4 Å². The molecular weight excluding hydrogens is 212 g/mol. The molecule has 0 radical (unpaired) electrons. The zero-order chi connectivity index (χ0) is 12.4. The molecule has 1 aromatic carbocycles.